The summed E-state index contributed by atoms with van der Waals surface area (Å²) in [5, 5.41) is 6.59. The van der Waals surface area contributed by atoms with Crippen molar-refractivity contribution in [1.82, 2.24) is 24.4 Å². The number of fused-ring (bicyclic) bond motifs is 1. The van der Waals surface area contributed by atoms with Gasteiger partial charge in [0.2, 0.25) is 11.9 Å². The predicted octanol–water partition coefficient (Wildman–Crippen LogP) is 4.20. The molecule has 5 rings (SSSR count). The smallest absolute Gasteiger partial charge is 0.224 e. The topological polar surface area (TPSA) is 70.9 Å². The number of benzene rings is 2. The predicted molar refractivity (Wildman–Crippen MR) is 120 cm³/mol. The zero-order valence-corrected chi connectivity index (χ0v) is 17.3. The lowest BCUT2D eigenvalue weighted by molar-refractivity contribution is 0.263. The molecule has 0 radical (unpaired) electrons. The molecule has 1 saturated heterocycles. The minimum atomic E-state index is -0.343. The van der Waals surface area contributed by atoms with Gasteiger partial charge in [-0.1, -0.05) is 30.3 Å². The standard InChI is InChI=1S/C23H24FN7/c1-30-13-11-16(12-14-30)26-22-25-15-20-21(29-22)31(17-7-3-2-4-8-17)23(28-20)27-19-10-6-5-9-18(19)24/h2-10,15-16H,11-14H2,1H3,(H,27,28)(H,25,26,29). The number of nitrogens with zero attached hydrogens (tertiary/aromatic N) is 5. The van der Waals surface area contributed by atoms with Gasteiger partial charge in [-0.2, -0.15) is 4.98 Å². The molecule has 2 aromatic heterocycles. The van der Waals surface area contributed by atoms with E-state index >= 15 is 0 Å². The average molecular weight is 417 g/mol. The molecular formula is C23H24FN7. The van der Waals surface area contributed by atoms with Gasteiger partial charge < -0.3 is 15.5 Å². The number of likely N-dealkylation sites (tertiary alicyclic amines) is 1. The van der Waals surface area contributed by atoms with E-state index in [2.05, 4.69) is 32.5 Å². The Morgan fingerprint density at radius 1 is 0.968 bits per heavy atom. The van der Waals surface area contributed by atoms with Crippen LogP contribution < -0.4 is 10.6 Å². The van der Waals surface area contributed by atoms with E-state index in [1.165, 1.54) is 6.07 Å². The van der Waals surface area contributed by atoms with Crippen molar-refractivity contribution in [2.75, 3.05) is 30.8 Å². The monoisotopic (exact) mass is 417 g/mol. The van der Waals surface area contributed by atoms with Gasteiger partial charge in [-0.3, -0.25) is 4.57 Å². The summed E-state index contributed by atoms with van der Waals surface area (Å²) in [7, 11) is 2.14. The molecule has 1 aliphatic rings. The summed E-state index contributed by atoms with van der Waals surface area (Å²) in [6.07, 6.45) is 3.82. The Balaban J connectivity index is 1.54. The molecule has 0 spiro atoms. The van der Waals surface area contributed by atoms with Gasteiger partial charge in [0.05, 0.1) is 17.6 Å². The summed E-state index contributed by atoms with van der Waals surface area (Å²) in [4.78, 5) is 16.2. The van der Waals surface area contributed by atoms with Crippen LogP contribution in [0.5, 0.6) is 0 Å². The quantitative estimate of drug-likeness (QED) is 0.507. The lowest BCUT2D eigenvalue weighted by atomic mass is 10.1. The average Bonchev–Trinajstić information content (AvgIpc) is 3.15. The molecule has 3 heterocycles. The molecule has 0 amide bonds. The van der Waals surface area contributed by atoms with Gasteiger partial charge in [-0.25, -0.2) is 14.4 Å². The third-order valence-corrected chi connectivity index (χ3v) is 5.59. The third kappa shape index (κ3) is 4.06. The SMILES string of the molecule is CN1CCC(Nc2ncc3nc(Nc4ccccc4F)n(-c4ccccc4)c3n2)CC1. The zero-order valence-electron chi connectivity index (χ0n) is 17.3. The minimum absolute atomic E-state index is 0.343. The van der Waals surface area contributed by atoms with Gasteiger partial charge in [0, 0.05) is 6.04 Å². The molecule has 158 valence electrons. The van der Waals surface area contributed by atoms with E-state index in [-0.39, 0.29) is 5.82 Å². The number of nitrogens with one attached hydrogen (secondary N) is 2. The molecule has 0 unspecified atom stereocenters. The second-order valence-electron chi connectivity index (χ2n) is 7.84. The highest BCUT2D eigenvalue weighted by atomic mass is 19.1. The van der Waals surface area contributed by atoms with Crippen LogP contribution in [0, 0.1) is 5.82 Å². The van der Waals surface area contributed by atoms with Crippen molar-refractivity contribution < 1.29 is 4.39 Å². The van der Waals surface area contributed by atoms with Crippen molar-refractivity contribution in [2.45, 2.75) is 18.9 Å². The highest BCUT2D eigenvalue weighted by Gasteiger charge is 2.20. The second kappa shape index (κ2) is 8.31. The Kier molecular flexibility index (Phi) is 5.21. The molecule has 1 aliphatic heterocycles. The van der Waals surface area contributed by atoms with E-state index in [0.29, 0.717) is 34.8 Å². The second-order valence-corrected chi connectivity index (χ2v) is 7.84. The minimum Gasteiger partial charge on any atom is -0.351 e. The molecule has 8 heteroatoms. The first-order chi connectivity index (χ1) is 15.2. The first-order valence-corrected chi connectivity index (χ1v) is 10.4. The van der Waals surface area contributed by atoms with E-state index in [1.54, 1.807) is 24.4 Å². The van der Waals surface area contributed by atoms with Crippen molar-refractivity contribution in [2.24, 2.45) is 0 Å². The van der Waals surface area contributed by atoms with E-state index < -0.39 is 0 Å². The first-order valence-electron chi connectivity index (χ1n) is 10.4. The Morgan fingerprint density at radius 3 is 2.48 bits per heavy atom. The normalized spacial score (nSPS) is 15.3. The first kappa shape index (κ1) is 19.4. The third-order valence-electron chi connectivity index (χ3n) is 5.59. The Morgan fingerprint density at radius 2 is 1.71 bits per heavy atom. The van der Waals surface area contributed by atoms with E-state index in [0.717, 1.165) is 31.6 Å². The van der Waals surface area contributed by atoms with Crippen molar-refractivity contribution in [3.05, 3.63) is 66.6 Å². The van der Waals surface area contributed by atoms with Crippen molar-refractivity contribution >= 4 is 28.7 Å². The number of anilines is 3. The summed E-state index contributed by atoms with van der Waals surface area (Å²) < 4.78 is 16.2. The number of halogens is 1. The lowest BCUT2D eigenvalue weighted by Crippen LogP contribution is -2.37. The number of rotatable bonds is 5. The summed E-state index contributed by atoms with van der Waals surface area (Å²) in [6.45, 7) is 2.11. The highest BCUT2D eigenvalue weighted by molar-refractivity contribution is 5.79. The summed E-state index contributed by atoms with van der Waals surface area (Å²) >= 11 is 0. The fraction of sp³-hybridized carbons (Fsp3) is 0.261. The molecule has 31 heavy (non-hydrogen) atoms. The largest absolute Gasteiger partial charge is 0.351 e. The number of para-hydroxylation sites is 2. The fourth-order valence-corrected chi connectivity index (χ4v) is 3.87. The van der Waals surface area contributed by atoms with Crippen LogP contribution >= 0.6 is 0 Å². The van der Waals surface area contributed by atoms with Crippen LogP contribution in [-0.4, -0.2) is 50.6 Å². The van der Waals surface area contributed by atoms with Crippen molar-refractivity contribution in [3.8, 4) is 5.69 Å². The maximum atomic E-state index is 14.3. The molecule has 2 aromatic carbocycles. The van der Waals surface area contributed by atoms with Crippen LogP contribution in [0.2, 0.25) is 0 Å². The summed E-state index contributed by atoms with van der Waals surface area (Å²) in [6, 6.07) is 16.7. The van der Waals surface area contributed by atoms with Gasteiger partial charge in [-0.15, -0.1) is 0 Å². The molecule has 2 N–H and O–H groups in total. The number of hydrogen-bond donors (Lipinski definition) is 2. The van der Waals surface area contributed by atoms with Gasteiger partial charge in [0.15, 0.2) is 5.65 Å². The molecule has 0 atom stereocenters. The van der Waals surface area contributed by atoms with Gasteiger partial charge in [0.25, 0.3) is 0 Å². The Hall–Kier alpha value is -3.52. The van der Waals surface area contributed by atoms with E-state index in [4.69, 9.17) is 4.98 Å². The van der Waals surface area contributed by atoms with Gasteiger partial charge in [-0.05, 0) is 57.2 Å². The van der Waals surface area contributed by atoms with Gasteiger partial charge >= 0.3 is 0 Å². The van der Waals surface area contributed by atoms with Crippen LogP contribution in [0.3, 0.4) is 0 Å². The van der Waals surface area contributed by atoms with Crippen LogP contribution in [-0.2, 0) is 0 Å². The van der Waals surface area contributed by atoms with E-state index in [1.807, 2.05) is 34.9 Å². The Bertz CT molecular complexity index is 1180. The molecule has 4 aromatic rings. The molecule has 7 nitrogen and oxygen atoms in total. The van der Waals surface area contributed by atoms with Crippen LogP contribution in [0.15, 0.2) is 60.8 Å². The number of piperidine rings is 1. The van der Waals surface area contributed by atoms with Crippen molar-refractivity contribution in [3.63, 3.8) is 0 Å². The van der Waals surface area contributed by atoms with Gasteiger partial charge in [0.1, 0.15) is 11.3 Å². The van der Waals surface area contributed by atoms with E-state index in [9.17, 15) is 4.39 Å². The lowest BCUT2D eigenvalue weighted by Gasteiger charge is -2.29. The summed E-state index contributed by atoms with van der Waals surface area (Å²) in [5.74, 6) is 0.721. The van der Waals surface area contributed by atoms with Crippen LogP contribution in [0.4, 0.5) is 22.0 Å². The highest BCUT2D eigenvalue weighted by Crippen LogP contribution is 2.27. The Labute approximate surface area is 180 Å². The number of aromatic nitrogens is 4. The zero-order chi connectivity index (χ0) is 21.2. The molecule has 0 saturated carbocycles. The molecule has 0 bridgehead atoms. The summed E-state index contributed by atoms with van der Waals surface area (Å²) in [5.41, 5.74) is 2.53. The van der Waals surface area contributed by atoms with Crippen molar-refractivity contribution in [1.29, 1.82) is 0 Å². The maximum Gasteiger partial charge on any atom is 0.224 e. The number of imidazole rings is 1. The molecule has 0 aliphatic carbocycles. The number of hydrogen-bond acceptors (Lipinski definition) is 6. The van der Waals surface area contributed by atoms with Crippen LogP contribution in [0.25, 0.3) is 16.9 Å². The fourth-order valence-electron chi connectivity index (χ4n) is 3.87. The molecule has 1 fully saturated rings. The van der Waals surface area contributed by atoms with Crippen LogP contribution in [0.1, 0.15) is 12.8 Å². The maximum absolute atomic E-state index is 14.3. The molecular weight excluding hydrogens is 393 g/mol.